The van der Waals surface area contributed by atoms with Gasteiger partial charge in [0.1, 0.15) is 17.2 Å². The molecule has 0 unspecified atom stereocenters. The SMILES string of the molecule is [C-]#[N+]c1cnc2ccc(-c3c(-c4ccn(C(C)C)n4)nc4n3CCC4)cn12. The molecule has 0 amide bonds. The van der Waals surface area contributed by atoms with E-state index in [4.69, 9.17) is 16.7 Å². The molecule has 134 valence electrons. The number of imidazole rings is 2. The lowest BCUT2D eigenvalue weighted by Gasteiger charge is -2.08. The summed E-state index contributed by atoms with van der Waals surface area (Å²) < 4.78 is 6.09. The minimum atomic E-state index is 0.306. The van der Waals surface area contributed by atoms with E-state index in [0.717, 1.165) is 53.5 Å². The first-order valence-electron chi connectivity index (χ1n) is 9.15. The molecule has 0 bridgehead atoms. The van der Waals surface area contributed by atoms with Gasteiger partial charge in [0.15, 0.2) is 0 Å². The fourth-order valence-electron chi connectivity index (χ4n) is 3.74. The highest BCUT2D eigenvalue weighted by molar-refractivity contribution is 5.78. The Bertz CT molecular complexity index is 1200. The molecule has 0 fully saturated rings. The summed E-state index contributed by atoms with van der Waals surface area (Å²) in [5.41, 5.74) is 4.67. The Morgan fingerprint density at radius 2 is 2.11 bits per heavy atom. The number of aryl methyl sites for hydroxylation is 1. The van der Waals surface area contributed by atoms with Gasteiger partial charge in [-0.05, 0) is 32.4 Å². The van der Waals surface area contributed by atoms with Crippen LogP contribution in [-0.2, 0) is 13.0 Å². The van der Waals surface area contributed by atoms with Gasteiger partial charge in [-0.1, -0.05) is 6.57 Å². The zero-order valence-electron chi connectivity index (χ0n) is 15.3. The Balaban J connectivity index is 1.73. The van der Waals surface area contributed by atoms with E-state index >= 15 is 0 Å². The van der Waals surface area contributed by atoms with E-state index in [0.29, 0.717) is 11.9 Å². The van der Waals surface area contributed by atoms with Crippen LogP contribution in [0.4, 0.5) is 5.82 Å². The van der Waals surface area contributed by atoms with Gasteiger partial charge in [0.05, 0.1) is 18.1 Å². The lowest BCUT2D eigenvalue weighted by Crippen LogP contribution is -2.01. The van der Waals surface area contributed by atoms with Gasteiger partial charge in [0.25, 0.3) is 5.82 Å². The van der Waals surface area contributed by atoms with E-state index in [1.807, 2.05) is 33.6 Å². The summed E-state index contributed by atoms with van der Waals surface area (Å²) in [5, 5.41) is 4.74. The first kappa shape index (κ1) is 15.8. The summed E-state index contributed by atoms with van der Waals surface area (Å²) in [7, 11) is 0. The molecule has 0 saturated heterocycles. The van der Waals surface area contributed by atoms with Gasteiger partial charge in [-0.3, -0.25) is 4.68 Å². The van der Waals surface area contributed by atoms with Crippen molar-refractivity contribution in [1.82, 2.24) is 28.7 Å². The Hall–Kier alpha value is -3.40. The topological polar surface area (TPSA) is 57.3 Å². The molecule has 5 heterocycles. The van der Waals surface area contributed by atoms with Gasteiger partial charge >= 0.3 is 0 Å². The molecular formula is C20H19N7. The highest BCUT2D eigenvalue weighted by Crippen LogP contribution is 2.35. The van der Waals surface area contributed by atoms with E-state index in [1.54, 1.807) is 6.20 Å². The van der Waals surface area contributed by atoms with Gasteiger partial charge in [0.2, 0.25) is 5.65 Å². The minimum absolute atomic E-state index is 0.306. The van der Waals surface area contributed by atoms with Gasteiger partial charge in [-0.15, -0.1) is 0 Å². The summed E-state index contributed by atoms with van der Waals surface area (Å²) >= 11 is 0. The Labute approximate surface area is 156 Å². The molecule has 1 aliphatic rings. The molecule has 5 rings (SSSR count). The number of hydrogen-bond donors (Lipinski definition) is 0. The van der Waals surface area contributed by atoms with Crippen LogP contribution in [0, 0.1) is 6.57 Å². The molecule has 4 aromatic rings. The summed E-state index contributed by atoms with van der Waals surface area (Å²) in [5.74, 6) is 1.62. The van der Waals surface area contributed by atoms with Crippen molar-refractivity contribution < 1.29 is 0 Å². The maximum atomic E-state index is 7.36. The molecule has 0 spiro atoms. The van der Waals surface area contributed by atoms with E-state index in [1.165, 1.54) is 0 Å². The smallest absolute Gasteiger partial charge is 0.254 e. The van der Waals surface area contributed by atoms with Gasteiger partial charge in [-0.2, -0.15) is 5.10 Å². The monoisotopic (exact) mass is 357 g/mol. The largest absolute Gasteiger partial charge is 0.362 e. The van der Waals surface area contributed by atoms with Crippen LogP contribution in [0.1, 0.15) is 32.1 Å². The van der Waals surface area contributed by atoms with Crippen molar-refractivity contribution in [2.24, 2.45) is 0 Å². The number of aromatic nitrogens is 6. The van der Waals surface area contributed by atoms with Crippen LogP contribution < -0.4 is 0 Å². The molecule has 7 heteroatoms. The van der Waals surface area contributed by atoms with Crippen molar-refractivity contribution >= 4 is 11.5 Å². The molecule has 4 aromatic heterocycles. The highest BCUT2D eigenvalue weighted by Gasteiger charge is 2.25. The van der Waals surface area contributed by atoms with E-state index in [2.05, 4.69) is 34.3 Å². The zero-order valence-corrected chi connectivity index (χ0v) is 15.3. The fourth-order valence-corrected chi connectivity index (χ4v) is 3.74. The average molecular weight is 357 g/mol. The number of rotatable bonds is 3. The number of fused-ring (bicyclic) bond motifs is 2. The lowest BCUT2D eigenvalue weighted by atomic mass is 10.1. The van der Waals surface area contributed by atoms with Crippen molar-refractivity contribution in [3.05, 3.63) is 54.0 Å². The Morgan fingerprint density at radius 3 is 2.89 bits per heavy atom. The molecular weight excluding hydrogens is 338 g/mol. The zero-order chi connectivity index (χ0) is 18.5. The van der Waals surface area contributed by atoms with Crippen molar-refractivity contribution in [3.8, 4) is 22.6 Å². The van der Waals surface area contributed by atoms with Crippen LogP contribution in [0.15, 0.2) is 36.8 Å². The maximum absolute atomic E-state index is 7.36. The Kier molecular flexibility index (Phi) is 3.41. The Morgan fingerprint density at radius 1 is 1.22 bits per heavy atom. The van der Waals surface area contributed by atoms with Gasteiger partial charge in [0, 0.05) is 36.8 Å². The van der Waals surface area contributed by atoms with Crippen LogP contribution in [0.25, 0.3) is 33.1 Å². The van der Waals surface area contributed by atoms with E-state index < -0.39 is 0 Å². The van der Waals surface area contributed by atoms with Crippen molar-refractivity contribution in [2.45, 2.75) is 39.3 Å². The van der Waals surface area contributed by atoms with Gasteiger partial charge in [-0.25, -0.2) is 14.4 Å². The fraction of sp³-hybridized carbons (Fsp3) is 0.300. The third-order valence-electron chi connectivity index (χ3n) is 5.08. The molecule has 7 nitrogen and oxygen atoms in total. The van der Waals surface area contributed by atoms with Crippen LogP contribution in [0.3, 0.4) is 0 Å². The molecule has 0 saturated carbocycles. The highest BCUT2D eigenvalue weighted by atomic mass is 15.3. The van der Waals surface area contributed by atoms with Crippen molar-refractivity contribution in [1.29, 1.82) is 0 Å². The number of hydrogen-bond acceptors (Lipinski definition) is 3. The third kappa shape index (κ3) is 2.37. The molecule has 1 aliphatic heterocycles. The summed E-state index contributed by atoms with van der Waals surface area (Å²) in [6.45, 7) is 12.6. The number of nitrogens with zero attached hydrogens (tertiary/aromatic N) is 7. The lowest BCUT2D eigenvalue weighted by molar-refractivity contribution is 0.534. The molecule has 0 atom stereocenters. The second kappa shape index (κ2) is 5.81. The predicted molar refractivity (Wildman–Crippen MR) is 103 cm³/mol. The standard InChI is InChI=1S/C20H19N7/c1-13(2)27-10-8-15(24-27)19-20(25-9-4-5-17(25)23-19)14-6-7-16-22-11-18(21-3)26(16)12-14/h6-8,10-13H,4-5,9H2,1-2H3. The second-order valence-corrected chi connectivity index (χ2v) is 7.13. The van der Waals surface area contributed by atoms with E-state index in [9.17, 15) is 0 Å². The minimum Gasteiger partial charge on any atom is -0.362 e. The summed E-state index contributed by atoms with van der Waals surface area (Å²) in [4.78, 5) is 12.8. The maximum Gasteiger partial charge on any atom is 0.254 e. The van der Waals surface area contributed by atoms with E-state index in [-0.39, 0.29) is 0 Å². The third-order valence-corrected chi connectivity index (χ3v) is 5.08. The summed E-state index contributed by atoms with van der Waals surface area (Å²) in [6, 6.07) is 6.35. The molecule has 0 radical (unpaired) electrons. The van der Waals surface area contributed by atoms with Crippen molar-refractivity contribution in [2.75, 3.05) is 0 Å². The first-order valence-corrected chi connectivity index (χ1v) is 9.15. The van der Waals surface area contributed by atoms with Crippen LogP contribution in [0.5, 0.6) is 0 Å². The van der Waals surface area contributed by atoms with Crippen LogP contribution >= 0.6 is 0 Å². The van der Waals surface area contributed by atoms with Gasteiger partial charge < -0.3 is 9.41 Å². The van der Waals surface area contributed by atoms with Crippen molar-refractivity contribution in [3.63, 3.8) is 0 Å². The normalized spacial score (nSPS) is 13.4. The molecule has 0 aromatic carbocycles. The number of pyridine rings is 1. The second-order valence-electron chi connectivity index (χ2n) is 7.13. The summed E-state index contributed by atoms with van der Waals surface area (Å²) in [6.07, 6.45) is 7.69. The quantitative estimate of drug-likeness (QED) is 0.518. The first-order chi connectivity index (χ1) is 13.2. The molecule has 27 heavy (non-hydrogen) atoms. The van der Waals surface area contributed by atoms with Crippen LogP contribution in [0.2, 0.25) is 0 Å². The predicted octanol–water partition coefficient (Wildman–Crippen LogP) is 4.14. The molecule has 0 N–H and O–H groups in total. The molecule has 0 aliphatic carbocycles. The average Bonchev–Trinajstić information content (AvgIpc) is 3.41. The van der Waals surface area contributed by atoms with Crippen LogP contribution in [-0.4, -0.2) is 28.7 Å².